The highest BCUT2D eigenvalue weighted by molar-refractivity contribution is 6.27. The zero-order valence-electron chi connectivity index (χ0n) is 15.6. The highest BCUT2D eigenvalue weighted by Gasteiger charge is 2.41. The van der Waals surface area contributed by atoms with Crippen LogP contribution in [0, 0.1) is 0 Å². The molecule has 0 atom stereocenters. The van der Waals surface area contributed by atoms with E-state index in [1.807, 2.05) is 4.90 Å². The van der Waals surface area contributed by atoms with Crippen LogP contribution in [0.2, 0.25) is 0 Å². The second-order valence-electron chi connectivity index (χ2n) is 7.33. The molecule has 1 heterocycles. The standard InChI is InChI=1S/C21H24N2O4/c1-14(24)23(15-6-2-3-7-15)19-18(22-10-12-27-13-11-22)20(25)16-8-4-5-9-17(16)21(19)26/h4-5,8-9,15H,2-3,6-7,10-13H2,1H3. The van der Waals surface area contributed by atoms with Crippen LogP contribution in [0.15, 0.2) is 35.7 Å². The van der Waals surface area contributed by atoms with Gasteiger partial charge in [0.05, 0.1) is 13.2 Å². The molecule has 1 saturated carbocycles. The number of morpholine rings is 1. The lowest BCUT2D eigenvalue weighted by Gasteiger charge is -2.38. The van der Waals surface area contributed by atoms with Crippen LogP contribution in [0.25, 0.3) is 0 Å². The Hall–Kier alpha value is -2.47. The number of hydrogen-bond donors (Lipinski definition) is 0. The van der Waals surface area contributed by atoms with E-state index in [-0.39, 0.29) is 29.2 Å². The topological polar surface area (TPSA) is 66.9 Å². The Kier molecular flexibility index (Phi) is 4.83. The molecule has 6 heteroatoms. The van der Waals surface area contributed by atoms with Gasteiger partial charge >= 0.3 is 0 Å². The van der Waals surface area contributed by atoms with E-state index in [0.29, 0.717) is 43.1 Å². The lowest BCUT2D eigenvalue weighted by Crippen LogP contribution is -2.47. The minimum absolute atomic E-state index is 0.0180. The number of nitrogens with zero attached hydrogens (tertiary/aromatic N) is 2. The van der Waals surface area contributed by atoms with Gasteiger partial charge in [0, 0.05) is 37.2 Å². The number of hydrogen-bond acceptors (Lipinski definition) is 5. The number of amides is 1. The van der Waals surface area contributed by atoms with Crippen molar-refractivity contribution in [3.05, 3.63) is 46.8 Å². The summed E-state index contributed by atoms with van der Waals surface area (Å²) in [6.07, 6.45) is 3.80. The highest BCUT2D eigenvalue weighted by Crippen LogP contribution is 2.35. The summed E-state index contributed by atoms with van der Waals surface area (Å²) in [6.45, 7) is 3.57. The Morgan fingerprint density at radius 1 is 1.04 bits per heavy atom. The molecule has 0 spiro atoms. The van der Waals surface area contributed by atoms with Crippen molar-refractivity contribution in [2.45, 2.75) is 38.6 Å². The smallest absolute Gasteiger partial charge is 0.224 e. The summed E-state index contributed by atoms with van der Waals surface area (Å²) in [5.74, 6) is -0.580. The Morgan fingerprint density at radius 3 is 2.22 bits per heavy atom. The maximum absolute atomic E-state index is 13.5. The minimum atomic E-state index is -0.228. The summed E-state index contributed by atoms with van der Waals surface area (Å²) in [4.78, 5) is 43.0. The molecule has 2 fully saturated rings. The zero-order chi connectivity index (χ0) is 19.0. The molecule has 1 aliphatic heterocycles. The summed E-state index contributed by atoms with van der Waals surface area (Å²) in [5.41, 5.74) is 1.44. The number of rotatable bonds is 3. The average Bonchev–Trinajstić information content (AvgIpc) is 3.21. The fourth-order valence-corrected chi connectivity index (χ4v) is 4.41. The van der Waals surface area contributed by atoms with Crippen LogP contribution in [-0.4, -0.2) is 59.6 Å². The molecule has 1 amide bonds. The molecule has 6 nitrogen and oxygen atoms in total. The molecule has 0 bridgehead atoms. The van der Waals surface area contributed by atoms with Crippen molar-refractivity contribution < 1.29 is 19.1 Å². The first-order chi connectivity index (χ1) is 13.1. The number of ether oxygens (including phenoxy) is 1. The van der Waals surface area contributed by atoms with Crippen LogP contribution in [0.3, 0.4) is 0 Å². The first-order valence-electron chi connectivity index (χ1n) is 9.65. The van der Waals surface area contributed by atoms with E-state index in [1.165, 1.54) is 6.92 Å². The Morgan fingerprint density at radius 2 is 1.63 bits per heavy atom. The van der Waals surface area contributed by atoms with Gasteiger partial charge in [-0.1, -0.05) is 37.1 Å². The molecule has 0 N–H and O–H groups in total. The van der Waals surface area contributed by atoms with E-state index in [9.17, 15) is 14.4 Å². The van der Waals surface area contributed by atoms with Crippen molar-refractivity contribution in [3.8, 4) is 0 Å². The summed E-state index contributed by atoms with van der Waals surface area (Å²) in [5, 5.41) is 0. The first kappa shape index (κ1) is 17.9. The van der Waals surface area contributed by atoms with Gasteiger partial charge in [0.2, 0.25) is 17.5 Å². The predicted octanol–water partition coefficient (Wildman–Crippen LogP) is 2.40. The van der Waals surface area contributed by atoms with E-state index < -0.39 is 0 Å². The van der Waals surface area contributed by atoms with Gasteiger partial charge in [-0.3, -0.25) is 14.4 Å². The number of benzene rings is 1. The van der Waals surface area contributed by atoms with Gasteiger partial charge in [0.15, 0.2) is 0 Å². The fraction of sp³-hybridized carbons (Fsp3) is 0.476. The summed E-state index contributed by atoms with van der Waals surface area (Å²) >= 11 is 0. The van der Waals surface area contributed by atoms with Crippen molar-refractivity contribution in [3.63, 3.8) is 0 Å². The van der Waals surface area contributed by atoms with Crippen LogP contribution < -0.4 is 0 Å². The molecular formula is C21H24N2O4. The molecule has 142 valence electrons. The lowest BCUT2D eigenvalue weighted by atomic mass is 9.88. The second-order valence-corrected chi connectivity index (χ2v) is 7.33. The quantitative estimate of drug-likeness (QED) is 0.820. The summed E-state index contributed by atoms with van der Waals surface area (Å²) < 4.78 is 5.42. The highest BCUT2D eigenvalue weighted by atomic mass is 16.5. The van der Waals surface area contributed by atoms with Crippen LogP contribution >= 0.6 is 0 Å². The van der Waals surface area contributed by atoms with Crippen molar-refractivity contribution in [1.29, 1.82) is 0 Å². The van der Waals surface area contributed by atoms with Gasteiger partial charge in [-0.2, -0.15) is 0 Å². The number of carbonyl (C=O) groups excluding carboxylic acids is 3. The Balaban J connectivity index is 1.89. The number of fused-ring (bicyclic) bond motifs is 1. The molecule has 0 radical (unpaired) electrons. The van der Waals surface area contributed by atoms with Crippen molar-refractivity contribution in [2.24, 2.45) is 0 Å². The largest absolute Gasteiger partial charge is 0.378 e. The SMILES string of the molecule is CC(=O)N(C1=C(N2CCOCC2)C(=O)c2ccccc2C1=O)C1CCCC1. The van der Waals surface area contributed by atoms with Gasteiger partial charge in [0.1, 0.15) is 11.4 Å². The molecular weight excluding hydrogens is 344 g/mol. The first-order valence-corrected chi connectivity index (χ1v) is 9.65. The molecule has 1 saturated heterocycles. The molecule has 3 aliphatic rings. The zero-order valence-corrected chi connectivity index (χ0v) is 15.6. The van der Waals surface area contributed by atoms with E-state index in [0.717, 1.165) is 25.7 Å². The predicted molar refractivity (Wildman–Crippen MR) is 99.3 cm³/mol. The fourth-order valence-electron chi connectivity index (χ4n) is 4.41. The summed E-state index contributed by atoms with van der Waals surface area (Å²) in [6, 6.07) is 6.88. The van der Waals surface area contributed by atoms with Crippen LogP contribution in [0.1, 0.15) is 53.3 Å². The van der Waals surface area contributed by atoms with Crippen LogP contribution in [0.4, 0.5) is 0 Å². The number of Topliss-reactive ketones (excluding diaryl/α,β-unsaturated/α-hetero) is 2. The van der Waals surface area contributed by atoms with Crippen molar-refractivity contribution >= 4 is 17.5 Å². The summed E-state index contributed by atoms with van der Waals surface area (Å²) in [7, 11) is 0. The van der Waals surface area contributed by atoms with Crippen molar-refractivity contribution in [2.75, 3.05) is 26.3 Å². The van der Waals surface area contributed by atoms with Crippen LogP contribution in [-0.2, 0) is 9.53 Å². The lowest BCUT2D eigenvalue weighted by molar-refractivity contribution is -0.128. The van der Waals surface area contributed by atoms with Crippen LogP contribution in [0.5, 0.6) is 0 Å². The minimum Gasteiger partial charge on any atom is -0.378 e. The van der Waals surface area contributed by atoms with Gasteiger partial charge in [0.25, 0.3) is 0 Å². The molecule has 1 aromatic rings. The maximum Gasteiger partial charge on any atom is 0.224 e. The van der Waals surface area contributed by atoms with Gasteiger partial charge in [-0.25, -0.2) is 0 Å². The second kappa shape index (κ2) is 7.27. The third kappa shape index (κ3) is 3.08. The van der Waals surface area contributed by atoms with E-state index >= 15 is 0 Å². The van der Waals surface area contributed by atoms with Gasteiger partial charge in [-0.15, -0.1) is 0 Å². The van der Waals surface area contributed by atoms with Crippen molar-refractivity contribution in [1.82, 2.24) is 9.80 Å². The Labute approximate surface area is 158 Å². The van der Waals surface area contributed by atoms with E-state index in [4.69, 9.17) is 4.74 Å². The Bertz CT molecular complexity index is 817. The van der Waals surface area contributed by atoms with E-state index in [2.05, 4.69) is 0 Å². The third-order valence-corrected chi connectivity index (χ3v) is 5.67. The molecule has 0 unspecified atom stereocenters. The molecule has 0 aromatic heterocycles. The number of carbonyl (C=O) groups is 3. The molecule has 4 rings (SSSR count). The van der Waals surface area contributed by atoms with Gasteiger partial charge in [-0.05, 0) is 12.8 Å². The van der Waals surface area contributed by atoms with E-state index in [1.54, 1.807) is 29.2 Å². The molecule has 27 heavy (non-hydrogen) atoms. The third-order valence-electron chi connectivity index (χ3n) is 5.67. The van der Waals surface area contributed by atoms with Gasteiger partial charge < -0.3 is 14.5 Å². The number of allylic oxidation sites excluding steroid dienone is 2. The molecule has 2 aliphatic carbocycles. The monoisotopic (exact) mass is 368 g/mol. The average molecular weight is 368 g/mol. The maximum atomic E-state index is 13.5. The normalized spacial score (nSPS) is 20.9. The molecule has 1 aromatic carbocycles. The number of ketones is 2.